The Morgan fingerprint density at radius 1 is 1.00 bits per heavy atom. The van der Waals surface area contributed by atoms with Gasteiger partial charge in [0.25, 0.3) is 5.91 Å². The van der Waals surface area contributed by atoms with E-state index in [4.69, 9.17) is 4.74 Å². The van der Waals surface area contributed by atoms with Crippen molar-refractivity contribution < 1.29 is 14.3 Å². The molecule has 1 heterocycles. The fourth-order valence-corrected chi connectivity index (χ4v) is 4.91. The largest absolute Gasteiger partial charge is 0.444 e. The number of H-pyrrole nitrogens is 1. The summed E-state index contributed by atoms with van der Waals surface area (Å²) in [6.45, 7) is 8.73. The Labute approximate surface area is 207 Å². The number of hydrogen-bond donors (Lipinski definition) is 1. The summed E-state index contributed by atoms with van der Waals surface area (Å²) in [7, 11) is 0. The Bertz CT molecular complexity index is 1120. The number of ether oxygens (including phenoxy) is 1. The molecule has 0 spiro atoms. The molecule has 2 atom stereocenters. The Morgan fingerprint density at radius 3 is 2.31 bits per heavy atom. The van der Waals surface area contributed by atoms with Gasteiger partial charge in [-0.1, -0.05) is 42.5 Å². The highest BCUT2D eigenvalue weighted by atomic mass is 16.6. The van der Waals surface area contributed by atoms with Crippen LogP contribution in [0.5, 0.6) is 0 Å². The summed E-state index contributed by atoms with van der Waals surface area (Å²) < 4.78 is 5.79. The van der Waals surface area contributed by atoms with Gasteiger partial charge in [0.1, 0.15) is 5.60 Å². The van der Waals surface area contributed by atoms with Crippen LogP contribution in [0, 0.1) is 0 Å². The zero-order valence-electron chi connectivity index (χ0n) is 21.2. The molecule has 7 nitrogen and oxygen atoms in total. The molecule has 1 aliphatic carbocycles. The van der Waals surface area contributed by atoms with Crippen LogP contribution in [0.15, 0.2) is 54.6 Å². The van der Waals surface area contributed by atoms with Gasteiger partial charge in [-0.3, -0.25) is 4.79 Å². The van der Waals surface area contributed by atoms with E-state index in [9.17, 15) is 9.59 Å². The van der Waals surface area contributed by atoms with Crippen molar-refractivity contribution >= 4 is 23.0 Å². The number of carbonyl (C=O) groups is 2. The first kappa shape index (κ1) is 24.8. The number of hydrogen-bond acceptors (Lipinski definition) is 4. The number of benzene rings is 2. The molecular formula is C28H36N4O3. The predicted octanol–water partition coefficient (Wildman–Crippen LogP) is 5.77. The molecule has 186 valence electrons. The zero-order valence-corrected chi connectivity index (χ0v) is 21.2. The molecule has 1 N–H and O–H groups in total. The highest BCUT2D eigenvalue weighted by molar-refractivity contribution is 5.94. The van der Waals surface area contributed by atoms with E-state index in [-0.39, 0.29) is 24.1 Å². The lowest BCUT2D eigenvalue weighted by atomic mass is 9.88. The SMILES string of the molecule is CCN(C(=O)c1nc2ccccc2[nH]1)[C@H]1CCC[C@@H](N(Cc2ccccc2)C(=O)OC(C)(C)C)C1. The van der Waals surface area contributed by atoms with E-state index in [1.165, 1.54) is 0 Å². The van der Waals surface area contributed by atoms with Crippen molar-refractivity contribution in [2.24, 2.45) is 0 Å². The normalized spacial score (nSPS) is 18.3. The van der Waals surface area contributed by atoms with Crippen molar-refractivity contribution in [1.82, 2.24) is 19.8 Å². The molecule has 1 aromatic heterocycles. The summed E-state index contributed by atoms with van der Waals surface area (Å²) in [6, 6.07) is 17.7. The molecule has 2 amide bonds. The van der Waals surface area contributed by atoms with E-state index in [1.807, 2.05) is 92.1 Å². The number of para-hydroxylation sites is 2. The fourth-order valence-electron chi connectivity index (χ4n) is 4.91. The summed E-state index contributed by atoms with van der Waals surface area (Å²) in [5, 5.41) is 0. The van der Waals surface area contributed by atoms with Crippen LogP contribution in [0.4, 0.5) is 4.79 Å². The first-order valence-electron chi connectivity index (χ1n) is 12.5. The minimum absolute atomic E-state index is 0.0127. The molecule has 2 aromatic carbocycles. The second kappa shape index (κ2) is 10.5. The van der Waals surface area contributed by atoms with Crippen molar-refractivity contribution in [2.45, 2.75) is 77.6 Å². The van der Waals surface area contributed by atoms with Gasteiger partial charge in [0.05, 0.1) is 11.0 Å². The van der Waals surface area contributed by atoms with Crippen LogP contribution >= 0.6 is 0 Å². The zero-order chi connectivity index (χ0) is 25.0. The maximum Gasteiger partial charge on any atom is 0.410 e. The van der Waals surface area contributed by atoms with Crippen LogP contribution in [0.2, 0.25) is 0 Å². The van der Waals surface area contributed by atoms with E-state index < -0.39 is 5.60 Å². The molecule has 35 heavy (non-hydrogen) atoms. The van der Waals surface area contributed by atoms with Gasteiger partial charge in [-0.25, -0.2) is 9.78 Å². The molecule has 0 radical (unpaired) electrons. The molecule has 1 fully saturated rings. The second-order valence-corrected chi connectivity index (χ2v) is 10.3. The van der Waals surface area contributed by atoms with E-state index in [2.05, 4.69) is 9.97 Å². The summed E-state index contributed by atoms with van der Waals surface area (Å²) in [4.78, 5) is 38.2. The van der Waals surface area contributed by atoms with Gasteiger partial charge >= 0.3 is 6.09 Å². The van der Waals surface area contributed by atoms with Crippen LogP contribution in [-0.4, -0.2) is 56.0 Å². The maximum atomic E-state index is 13.5. The Hall–Kier alpha value is -3.35. The Balaban J connectivity index is 1.54. The lowest BCUT2D eigenvalue weighted by Crippen LogP contribution is -2.50. The molecule has 1 aliphatic rings. The first-order valence-corrected chi connectivity index (χ1v) is 12.5. The average molecular weight is 477 g/mol. The van der Waals surface area contributed by atoms with Crippen molar-refractivity contribution in [1.29, 1.82) is 0 Å². The number of nitrogens with zero attached hydrogens (tertiary/aromatic N) is 3. The van der Waals surface area contributed by atoms with Crippen molar-refractivity contribution in [2.75, 3.05) is 6.54 Å². The Morgan fingerprint density at radius 2 is 1.66 bits per heavy atom. The van der Waals surface area contributed by atoms with E-state index in [1.54, 1.807) is 0 Å². The number of fused-ring (bicyclic) bond motifs is 1. The number of nitrogens with one attached hydrogen (secondary N) is 1. The number of aromatic nitrogens is 2. The molecule has 0 unspecified atom stereocenters. The van der Waals surface area contributed by atoms with E-state index in [0.29, 0.717) is 25.3 Å². The van der Waals surface area contributed by atoms with Gasteiger partial charge in [-0.15, -0.1) is 0 Å². The van der Waals surface area contributed by atoms with Crippen LogP contribution in [0.25, 0.3) is 11.0 Å². The lowest BCUT2D eigenvalue weighted by Gasteiger charge is -2.41. The summed E-state index contributed by atoms with van der Waals surface area (Å²) in [6.07, 6.45) is 3.14. The summed E-state index contributed by atoms with van der Waals surface area (Å²) in [5.41, 5.74) is 2.12. The van der Waals surface area contributed by atoms with Crippen LogP contribution < -0.4 is 0 Å². The first-order chi connectivity index (χ1) is 16.7. The predicted molar refractivity (Wildman–Crippen MR) is 137 cm³/mol. The molecule has 0 bridgehead atoms. The minimum Gasteiger partial charge on any atom is -0.444 e. The highest BCUT2D eigenvalue weighted by Crippen LogP contribution is 2.30. The lowest BCUT2D eigenvalue weighted by molar-refractivity contribution is 0.00431. The Kier molecular flexibility index (Phi) is 7.43. The summed E-state index contributed by atoms with van der Waals surface area (Å²) >= 11 is 0. The van der Waals surface area contributed by atoms with Gasteiger partial charge in [-0.05, 0) is 71.1 Å². The number of aromatic amines is 1. The molecular weight excluding hydrogens is 440 g/mol. The van der Waals surface area contributed by atoms with E-state index >= 15 is 0 Å². The van der Waals surface area contributed by atoms with Crippen LogP contribution in [0.3, 0.4) is 0 Å². The number of amides is 2. The third-order valence-electron chi connectivity index (χ3n) is 6.52. The van der Waals surface area contributed by atoms with Crippen LogP contribution in [0.1, 0.15) is 69.6 Å². The maximum absolute atomic E-state index is 13.5. The quantitative estimate of drug-likeness (QED) is 0.490. The fraction of sp³-hybridized carbons (Fsp3) is 0.464. The van der Waals surface area contributed by atoms with Crippen LogP contribution in [-0.2, 0) is 11.3 Å². The molecule has 3 aromatic rings. The monoisotopic (exact) mass is 476 g/mol. The van der Waals surface area contributed by atoms with Gasteiger partial charge in [-0.2, -0.15) is 0 Å². The standard InChI is InChI=1S/C28H36N4O3/c1-5-31(26(33)25-29-23-16-9-10-17-24(23)30-25)21-14-11-15-22(18-21)32(27(34)35-28(2,3)4)19-20-12-7-6-8-13-20/h6-10,12-13,16-17,21-22H,5,11,14-15,18-19H2,1-4H3,(H,29,30)/t21-,22+/m0/s1. The number of carbonyl (C=O) groups excluding carboxylic acids is 2. The van der Waals surface area contributed by atoms with Crippen molar-refractivity contribution in [3.8, 4) is 0 Å². The van der Waals surface area contributed by atoms with Crippen molar-refractivity contribution in [3.05, 3.63) is 66.0 Å². The molecule has 4 rings (SSSR count). The van der Waals surface area contributed by atoms with Crippen molar-refractivity contribution in [3.63, 3.8) is 0 Å². The molecule has 0 saturated heterocycles. The van der Waals surface area contributed by atoms with Gasteiger partial charge in [0.2, 0.25) is 0 Å². The topological polar surface area (TPSA) is 78.5 Å². The minimum atomic E-state index is -0.577. The third-order valence-corrected chi connectivity index (χ3v) is 6.52. The highest BCUT2D eigenvalue weighted by Gasteiger charge is 2.36. The molecule has 1 saturated carbocycles. The van der Waals surface area contributed by atoms with Gasteiger partial charge in [0, 0.05) is 25.2 Å². The number of imidazole rings is 1. The smallest absolute Gasteiger partial charge is 0.410 e. The van der Waals surface area contributed by atoms with E-state index in [0.717, 1.165) is 35.9 Å². The van der Waals surface area contributed by atoms with Gasteiger partial charge < -0.3 is 19.5 Å². The average Bonchev–Trinajstić information content (AvgIpc) is 3.27. The van der Waals surface area contributed by atoms with Gasteiger partial charge in [0.15, 0.2) is 5.82 Å². The second-order valence-electron chi connectivity index (χ2n) is 10.3. The molecule has 0 aliphatic heterocycles. The summed E-state index contributed by atoms with van der Waals surface area (Å²) in [5.74, 6) is 0.268. The molecule has 7 heteroatoms. The third kappa shape index (κ3) is 6.02. The number of rotatable bonds is 6.